The minimum absolute atomic E-state index is 0.139. The van der Waals surface area contributed by atoms with E-state index in [4.69, 9.17) is 0 Å². The Balaban J connectivity index is 2.08. The van der Waals surface area contributed by atoms with Crippen LogP contribution in [0.15, 0.2) is 0 Å². The van der Waals surface area contributed by atoms with E-state index in [1.807, 2.05) is 0 Å². The minimum Gasteiger partial charge on any atom is -0.303 e. The van der Waals surface area contributed by atoms with Crippen molar-refractivity contribution in [3.8, 4) is 0 Å². The molecule has 0 aromatic rings. The second kappa shape index (κ2) is 2.12. The molecule has 0 spiro atoms. The first-order chi connectivity index (χ1) is 5.07. The molecule has 1 heterocycles. The lowest BCUT2D eigenvalue weighted by Gasteiger charge is -2.25. The van der Waals surface area contributed by atoms with E-state index in [1.165, 1.54) is 0 Å². The van der Waals surface area contributed by atoms with Crippen LogP contribution in [-0.4, -0.2) is 18.3 Å². The fourth-order valence-corrected chi connectivity index (χ4v) is 2.22. The van der Waals surface area contributed by atoms with Gasteiger partial charge in [0.05, 0.1) is 0 Å². The van der Waals surface area contributed by atoms with Gasteiger partial charge in [-0.05, 0) is 25.2 Å². The van der Waals surface area contributed by atoms with Gasteiger partial charge in [-0.2, -0.15) is 13.2 Å². The second-order valence-corrected chi connectivity index (χ2v) is 3.46. The molecule has 11 heavy (non-hydrogen) atoms. The van der Waals surface area contributed by atoms with Crippen LogP contribution in [0.1, 0.15) is 19.3 Å². The molecule has 2 fully saturated rings. The van der Waals surface area contributed by atoms with Crippen LogP contribution in [-0.2, 0) is 0 Å². The van der Waals surface area contributed by atoms with Crippen molar-refractivity contribution in [2.75, 3.05) is 0 Å². The number of halogens is 3. The van der Waals surface area contributed by atoms with Gasteiger partial charge in [-0.15, -0.1) is 0 Å². The Bertz CT molecular complexity index is 166. The van der Waals surface area contributed by atoms with Gasteiger partial charge in [0.15, 0.2) is 0 Å². The zero-order chi connectivity index (χ0) is 8.06. The van der Waals surface area contributed by atoms with Crippen molar-refractivity contribution in [1.29, 1.82) is 0 Å². The number of piperidine rings is 1. The predicted octanol–water partition coefficient (Wildman–Crippen LogP) is 1.69. The Morgan fingerprint density at radius 2 is 1.91 bits per heavy atom. The van der Waals surface area contributed by atoms with Crippen LogP contribution in [0.5, 0.6) is 0 Å². The van der Waals surface area contributed by atoms with Crippen LogP contribution in [0.3, 0.4) is 0 Å². The van der Waals surface area contributed by atoms with E-state index < -0.39 is 12.2 Å². The molecule has 1 aliphatic carbocycles. The number of fused-ring (bicyclic) bond motifs is 2. The van der Waals surface area contributed by atoms with E-state index in [2.05, 4.69) is 5.32 Å². The van der Waals surface area contributed by atoms with Gasteiger partial charge in [-0.3, -0.25) is 0 Å². The summed E-state index contributed by atoms with van der Waals surface area (Å²) in [5.41, 5.74) is 0. The molecule has 0 radical (unpaired) electrons. The van der Waals surface area contributed by atoms with E-state index in [0.717, 1.165) is 19.3 Å². The summed E-state index contributed by atoms with van der Waals surface area (Å²) in [6.07, 6.45) is -1.62. The summed E-state index contributed by atoms with van der Waals surface area (Å²) < 4.78 is 36.5. The molecule has 2 rings (SSSR count). The maximum absolute atomic E-state index is 12.2. The number of hydrogen-bond donors (Lipinski definition) is 1. The third-order valence-electron chi connectivity index (χ3n) is 2.71. The van der Waals surface area contributed by atoms with Crippen LogP contribution in [0.25, 0.3) is 0 Å². The quantitative estimate of drug-likeness (QED) is 0.576. The summed E-state index contributed by atoms with van der Waals surface area (Å²) in [6, 6.07) is -1.06. The van der Waals surface area contributed by atoms with Gasteiger partial charge in [0.25, 0.3) is 0 Å². The van der Waals surface area contributed by atoms with Gasteiger partial charge in [0.1, 0.15) is 6.04 Å². The van der Waals surface area contributed by atoms with E-state index in [0.29, 0.717) is 0 Å². The van der Waals surface area contributed by atoms with Crippen LogP contribution in [0, 0.1) is 5.92 Å². The molecule has 3 atom stereocenters. The molecule has 4 heteroatoms. The molecule has 0 aromatic carbocycles. The highest BCUT2D eigenvalue weighted by atomic mass is 19.4. The van der Waals surface area contributed by atoms with Crippen molar-refractivity contribution in [2.24, 2.45) is 5.92 Å². The topological polar surface area (TPSA) is 12.0 Å². The van der Waals surface area contributed by atoms with Gasteiger partial charge >= 0.3 is 6.18 Å². The Kier molecular flexibility index (Phi) is 1.43. The first-order valence-corrected chi connectivity index (χ1v) is 3.90. The van der Waals surface area contributed by atoms with Crippen LogP contribution < -0.4 is 5.32 Å². The second-order valence-electron chi connectivity index (χ2n) is 3.46. The molecule has 0 aromatic heterocycles. The molecule has 1 aliphatic heterocycles. The molecule has 3 unspecified atom stereocenters. The van der Waals surface area contributed by atoms with E-state index in [9.17, 15) is 13.2 Å². The Labute approximate surface area is 63.0 Å². The number of hydrogen-bond acceptors (Lipinski definition) is 1. The molecule has 1 saturated carbocycles. The predicted molar refractivity (Wildman–Crippen MR) is 34.1 cm³/mol. The maximum Gasteiger partial charge on any atom is 0.404 e. The number of rotatable bonds is 0. The molecule has 1 nitrogen and oxygen atoms in total. The normalized spacial score (nSPS) is 43.4. The average molecular weight is 165 g/mol. The molecule has 1 saturated heterocycles. The zero-order valence-electron chi connectivity index (χ0n) is 5.99. The molecule has 2 bridgehead atoms. The maximum atomic E-state index is 12.2. The monoisotopic (exact) mass is 165 g/mol. The molecular weight excluding hydrogens is 155 g/mol. The van der Waals surface area contributed by atoms with Crippen LogP contribution in [0.2, 0.25) is 0 Å². The van der Waals surface area contributed by atoms with Crippen molar-refractivity contribution >= 4 is 0 Å². The van der Waals surface area contributed by atoms with Crippen molar-refractivity contribution in [3.63, 3.8) is 0 Å². The lowest BCUT2D eigenvalue weighted by Crippen LogP contribution is -2.46. The summed E-state index contributed by atoms with van der Waals surface area (Å²) in [5.74, 6) is -0.139. The lowest BCUT2D eigenvalue weighted by atomic mass is 10.00. The van der Waals surface area contributed by atoms with Crippen molar-refractivity contribution in [2.45, 2.75) is 37.5 Å². The number of nitrogens with one attached hydrogen (secondary N) is 1. The van der Waals surface area contributed by atoms with Gasteiger partial charge < -0.3 is 5.32 Å². The SMILES string of the molecule is FC(F)(F)C1NC2CCC1C2. The van der Waals surface area contributed by atoms with Gasteiger partial charge in [0, 0.05) is 6.04 Å². The van der Waals surface area contributed by atoms with E-state index >= 15 is 0 Å². The fourth-order valence-electron chi connectivity index (χ4n) is 2.22. The largest absolute Gasteiger partial charge is 0.404 e. The first-order valence-electron chi connectivity index (χ1n) is 3.90. The third-order valence-corrected chi connectivity index (χ3v) is 2.71. The van der Waals surface area contributed by atoms with E-state index in [1.54, 1.807) is 0 Å². The van der Waals surface area contributed by atoms with Gasteiger partial charge in [-0.25, -0.2) is 0 Å². The molecule has 64 valence electrons. The Morgan fingerprint density at radius 3 is 2.18 bits per heavy atom. The summed E-state index contributed by atoms with van der Waals surface area (Å²) >= 11 is 0. The standard InChI is InChI=1S/C7H10F3N/c8-7(9,10)6-4-1-2-5(3-4)11-6/h4-6,11H,1-3H2. The highest BCUT2D eigenvalue weighted by Crippen LogP contribution is 2.41. The average Bonchev–Trinajstić information content (AvgIpc) is 2.42. The molecule has 2 aliphatic rings. The third kappa shape index (κ3) is 1.13. The summed E-state index contributed by atoms with van der Waals surface area (Å²) in [5, 5.41) is 2.61. The van der Waals surface area contributed by atoms with Crippen LogP contribution in [0.4, 0.5) is 13.2 Å². The summed E-state index contributed by atoms with van der Waals surface area (Å²) in [4.78, 5) is 0. The lowest BCUT2D eigenvalue weighted by molar-refractivity contribution is -0.164. The van der Waals surface area contributed by atoms with Crippen molar-refractivity contribution in [1.82, 2.24) is 5.32 Å². The summed E-state index contributed by atoms with van der Waals surface area (Å²) in [6.45, 7) is 0. The fraction of sp³-hybridized carbons (Fsp3) is 1.00. The zero-order valence-corrected chi connectivity index (χ0v) is 5.99. The highest BCUT2D eigenvalue weighted by molar-refractivity contribution is 4.99. The van der Waals surface area contributed by atoms with Crippen molar-refractivity contribution < 1.29 is 13.2 Å². The molecule has 0 amide bonds. The van der Waals surface area contributed by atoms with Gasteiger partial charge in [-0.1, -0.05) is 0 Å². The summed E-state index contributed by atoms with van der Waals surface area (Å²) in [7, 11) is 0. The smallest absolute Gasteiger partial charge is 0.303 e. The Hall–Kier alpha value is -0.250. The highest BCUT2D eigenvalue weighted by Gasteiger charge is 2.52. The minimum atomic E-state index is -4.03. The Morgan fingerprint density at radius 1 is 1.18 bits per heavy atom. The van der Waals surface area contributed by atoms with Crippen molar-refractivity contribution in [3.05, 3.63) is 0 Å². The van der Waals surface area contributed by atoms with Crippen LogP contribution >= 0.6 is 0 Å². The van der Waals surface area contributed by atoms with Gasteiger partial charge in [0.2, 0.25) is 0 Å². The molecular formula is C7H10F3N. The first kappa shape index (κ1) is 7.40. The molecule has 1 N–H and O–H groups in total. The number of alkyl halides is 3. The van der Waals surface area contributed by atoms with E-state index in [-0.39, 0.29) is 12.0 Å².